The van der Waals surface area contributed by atoms with E-state index in [1.54, 1.807) is 0 Å². The van der Waals surface area contributed by atoms with Crippen molar-refractivity contribution in [3.63, 3.8) is 0 Å². The van der Waals surface area contributed by atoms with E-state index < -0.39 is 0 Å². The summed E-state index contributed by atoms with van der Waals surface area (Å²) in [5.41, 5.74) is 7.37. The lowest BCUT2D eigenvalue weighted by Crippen LogP contribution is -2.46. The van der Waals surface area contributed by atoms with Gasteiger partial charge in [0.05, 0.1) is 6.04 Å². The Morgan fingerprint density at radius 3 is 2.32 bits per heavy atom. The highest BCUT2D eigenvalue weighted by molar-refractivity contribution is 5.85. The van der Waals surface area contributed by atoms with Crippen LogP contribution in [0.4, 0.5) is 0 Å². The molecule has 3 nitrogen and oxygen atoms in total. The van der Waals surface area contributed by atoms with Gasteiger partial charge in [0.1, 0.15) is 0 Å². The maximum Gasteiger partial charge on any atom is 0.237 e. The zero-order valence-electron chi connectivity index (χ0n) is 13.6. The molecular weight excluding hydrogens is 296 g/mol. The van der Waals surface area contributed by atoms with Crippen molar-refractivity contribution < 1.29 is 4.79 Å². The molecule has 0 heterocycles. The highest BCUT2D eigenvalue weighted by Crippen LogP contribution is 2.32. The third kappa shape index (κ3) is 5.62. The highest BCUT2D eigenvalue weighted by Gasteiger charge is 2.25. The van der Waals surface area contributed by atoms with Gasteiger partial charge in [0, 0.05) is 6.04 Å². The number of benzene rings is 1. The summed E-state index contributed by atoms with van der Waals surface area (Å²) in [6.45, 7) is 4.19. The minimum atomic E-state index is -0.364. The molecular formula is C18H29ClN2O. The lowest BCUT2D eigenvalue weighted by Gasteiger charge is -2.30. The average Bonchev–Trinajstić information content (AvgIpc) is 2.48. The molecule has 0 saturated heterocycles. The first-order valence-electron chi connectivity index (χ1n) is 8.17. The van der Waals surface area contributed by atoms with Crippen LogP contribution in [0, 0.1) is 5.92 Å². The van der Waals surface area contributed by atoms with Gasteiger partial charge >= 0.3 is 0 Å². The van der Waals surface area contributed by atoms with Crippen LogP contribution in [-0.2, 0) is 4.79 Å². The summed E-state index contributed by atoms with van der Waals surface area (Å²) in [5, 5.41) is 3.13. The Balaban J connectivity index is 0.00000242. The number of rotatable bonds is 5. The van der Waals surface area contributed by atoms with Gasteiger partial charge in [0.25, 0.3) is 0 Å². The lowest BCUT2D eigenvalue weighted by atomic mass is 9.81. The molecule has 0 bridgehead atoms. The van der Waals surface area contributed by atoms with Crippen molar-refractivity contribution in [2.75, 3.05) is 0 Å². The molecule has 1 aromatic carbocycles. The monoisotopic (exact) mass is 324 g/mol. The van der Waals surface area contributed by atoms with Crippen molar-refractivity contribution in [2.45, 2.75) is 64.0 Å². The van der Waals surface area contributed by atoms with Crippen LogP contribution in [0.15, 0.2) is 30.3 Å². The first-order chi connectivity index (χ1) is 10.1. The molecule has 0 aliphatic heterocycles. The lowest BCUT2D eigenvalue weighted by molar-refractivity contribution is -0.123. The minimum absolute atomic E-state index is 0. The predicted octanol–water partition coefficient (Wildman–Crippen LogP) is 3.62. The second kappa shape index (κ2) is 9.16. The number of halogens is 1. The van der Waals surface area contributed by atoms with E-state index in [1.807, 2.05) is 0 Å². The minimum Gasteiger partial charge on any atom is -0.352 e. The molecule has 3 N–H and O–H groups in total. The molecule has 1 saturated carbocycles. The van der Waals surface area contributed by atoms with Crippen LogP contribution in [-0.4, -0.2) is 18.0 Å². The number of nitrogens with one attached hydrogen (secondary N) is 1. The van der Waals surface area contributed by atoms with Gasteiger partial charge in [-0.3, -0.25) is 4.79 Å². The van der Waals surface area contributed by atoms with Gasteiger partial charge in [-0.15, -0.1) is 12.4 Å². The van der Waals surface area contributed by atoms with Gasteiger partial charge in [0.2, 0.25) is 5.91 Å². The zero-order chi connectivity index (χ0) is 15.2. The molecule has 1 aliphatic carbocycles. The Kier molecular flexibility index (Phi) is 7.91. The van der Waals surface area contributed by atoms with Crippen molar-refractivity contribution in [3.05, 3.63) is 35.9 Å². The number of hydrogen-bond donors (Lipinski definition) is 2. The molecule has 1 fully saturated rings. The quantitative estimate of drug-likeness (QED) is 0.869. The Labute approximate surface area is 140 Å². The molecule has 0 spiro atoms. The van der Waals surface area contributed by atoms with Crippen molar-refractivity contribution in [2.24, 2.45) is 11.7 Å². The summed E-state index contributed by atoms with van der Waals surface area (Å²) in [7, 11) is 0. The predicted molar refractivity (Wildman–Crippen MR) is 94.3 cm³/mol. The molecule has 1 aromatic rings. The van der Waals surface area contributed by atoms with E-state index in [0.29, 0.717) is 17.9 Å². The van der Waals surface area contributed by atoms with Gasteiger partial charge in [-0.1, -0.05) is 44.2 Å². The van der Waals surface area contributed by atoms with E-state index in [-0.39, 0.29) is 24.4 Å². The summed E-state index contributed by atoms with van der Waals surface area (Å²) >= 11 is 0. The van der Waals surface area contributed by atoms with Crippen LogP contribution in [0.25, 0.3) is 0 Å². The second-order valence-corrected chi connectivity index (χ2v) is 6.70. The van der Waals surface area contributed by atoms with Gasteiger partial charge in [-0.05, 0) is 49.5 Å². The third-order valence-corrected chi connectivity index (χ3v) is 4.41. The molecule has 22 heavy (non-hydrogen) atoms. The average molecular weight is 325 g/mol. The smallest absolute Gasteiger partial charge is 0.237 e. The Hall–Kier alpha value is -1.06. The van der Waals surface area contributed by atoms with Crippen LogP contribution in [0.3, 0.4) is 0 Å². The third-order valence-electron chi connectivity index (χ3n) is 4.41. The highest BCUT2D eigenvalue weighted by atomic mass is 35.5. The molecule has 1 amide bonds. The van der Waals surface area contributed by atoms with Crippen LogP contribution in [0.5, 0.6) is 0 Å². The molecule has 0 radical (unpaired) electrons. The molecule has 2 rings (SSSR count). The van der Waals surface area contributed by atoms with Crippen LogP contribution in [0.1, 0.15) is 57.4 Å². The summed E-state index contributed by atoms with van der Waals surface area (Å²) in [5.74, 6) is 1.12. The number of carbonyl (C=O) groups is 1. The Bertz CT molecular complexity index is 442. The Morgan fingerprint density at radius 2 is 1.77 bits per heavy atom. The fourth-order valence-electron chi connectivity index (χ4n) is 3.22. The maximum absolute atomic E-state index is 12.1. The molecule has 0 aromatic heterocycles. The maximum atomic E-state index is 12.1. The SMILES string of the molecule is CC(C)C[C@H](N)C(=O)NC1CCC(c2ccccc2)CC1.Cl. The summed E-state index contributed by atoms with van der Waals surface area (Å²) in [4.78, 5) is 12.1. The van der Waals surface area contributed by atoms with Gasteiger partial charge in [0.15, 0.2) is 0 Å². The topological polar surface area (TPSA) is 55.1 Å². The standard InChI is InChI=1S/C18H28N2O.ClH/c1-13(2)12-17(19)18(21)20-16-10-8-15(9-11-16)14-6-4-3-5-7-14;/h3-7,13,15-17H,8-12,19H2,1-2H3,(H,20,21);1H/t15?,16?,17-;/m0./s1. The number of amides is 1. The number of hydrogen-bond acceptors (Lipinski definition) is 2. The zero-order valence-corrected chi connectivity index (χ0v) is 14.4. The van der Waals surface area contributed by atoms with Crippen molar-refractivity contribution in [3.8, 4) is 0 Å². The number of carbonyl (C=O) groups excluding carboxylic acids is 1. The normalized spacial score (nSPS) is 22.7. The summed E-state index contributed by atoms with van der Waals surface area (Å²) < 4.78 is 0. The summed E-state index contributed by atoms with van der Waals surface area (Å²) in [6, 6.07) is 10.6. The van der Waals surface area contributed by atoms with E-state index in [0.717, 1.165) is 32.1 Å². The summed E-state index contributed by atoms with van der Waals surface area (Å²) in [6.07, 6.45) is 5.16. The van der Waals surface area contributed by atoms with Gasteiger partial charge < -0.3 is 11.1 Å². The van der Waals surface area contributed by atoms with E-state index in [4.69, 9.17) is 5.73 Å². The van der Waals surface area contributed by atoms with E-state index in [1.165, 1.54) is 5.56 Å². The van der Waals surface area contributed by atoms with E-state index >= 15 is 0 Å². The molecule has 1 atom stereocenters. The van der Waals surface area contributed by atoms with Crippen molar-refractivity contribution in [1.82, 2.24) is 5.32 Å². The first kappa shape index (κ1) is 19.0. The first-order valence-corrected chi connectivity index (χ1v) is 8.17. The van der Waals surface area contributed by atoms with Gasteiger partial charge in [-0.2, -0.15) is 0 Å². The van der Waals surface area contributed by atoms with E-state index in [2.05, 4.69) is 49.5 Å². The molecule has 124 valence electrons. The fourth-order valence-corrected chi connectivity index (χ4v) is 3.22. The second-order valence-electron chi connectivity index (χ2n) is 6.70. The van der Waals surface area contributed by atoms with Crippen molar-refractivity contribution in [1.29, 1.82) is 0 Å². The Morgan fingerprint density at radius 1 is 1.18 bits per heavy atom. The molecule has 0 unspecified atom stereocenters. The molecule has 4 heteroatoms. The fraction of sp³-hybridized carbons (Fsp3) is 0.611. The largest absolute Gasteiger partial charge is 0.352 e. The van der Waals surface area contributed by atoms with Crippen LogP contribution in [0.2, 0.25) is 0 Å². The van der Waals surface area contributed by atoms with Crippen LogP contribution >= 0.6 is 12.4 Å². The van der Waals surface area contributed by atoms with E-state index in [9.17, 15) is 4.79 Å². The van der Waals surface area contributed by atoms with Gasteiger partial charge in [-0.25, -0.2) is 0 Å². The number of nitrogens with two attached hydrogens (primary N) is 1. The van der Waals surface area contributed by atoms with Crippen molar-refractivity contribution >= 4 is 18.3 Å². The molecule has 1 aliphatic rings. The van der Waals surface area contributed by atoms with Crippen LogP contribution < -0.4 is 11.1 Å².